The third kappa shape index (κ3) is 1.86. The average Bonchev–Trinajstić information content (AvgIpc) is 2.92. The van der Waals surface area contributed by atoms with Gasteiger partial charge in [0.1, 0.15) is 5.82 Å². The number of aromatic nitrogens is 2. The molecule has 4 rings (SSSR count). The fraction of sp³-hybridized carbons (Fsp3) is 0.714. The summed E-state index contributed by atoms with van der Waals surface area (Å²) in [5.41, 5.74) is 2.05. The lowest BCUT2D eigenvalue weighted by Gasteiger charge is -2.35. The lowest BCUT2D eigenvalue weighted by atomic mass is 9.90. The van der Waals surface area contributed by atoms with E-state index in [4.69, 9.17) is 4.98 Å². The van der Waals surface area contributed by atoms with Crippen LogP contribution in [0.4, 0.5) is 0 Å². The summed E-state index contributed by atoms with van der Waals surface area (Å²) in [5, 5.41) is 0. The van der Waals surface area contributed by atoms with Crippen LogP contribution >= 0.6 is 11.8 Å². The Morgan fingerprint density at radius 2 is 2.00 bits per heavy atom. The molecule has 2 saturated heterocycles. The molecule has 0 radical (unpaired) electrons. The minimum absolute atomic E-state index is 0.108. The largest absolute Gasteiger partial charge is 0.310 e. The second-order valence-electron chi connectivity index (χ2n) is 6.09. The zero-order valence-corrected chi connectivity index (χ0v) is 12.0. The molecule has 2 fully saturated rings. The number of aromatic amines is 1. The van der Waals surface area contributed by atoms with Gasteiger partial charge in [0.15, 0.2) is 0 Å². The van der Waals surface area contributed by atoms with Gasteiger partial charge in [-0.25, -0.2) is 4.98 Å². The Bertz CT molecular complexity index is 556. The summed E-state index contributed by atoms with van der Waals surface area (Å²) in [6.07, 6.45) is 4.93. The Balaban J connectivity index is 1.67. The van der Waals surface area contributed by atoms with E-state index in [1.807, 2.05) is 0 Å². The van der Waals surface area contributed by atoms with Crippen LogP contribution in [0.5, 0.6) is 0 Å². The van der Waals surface area contributed by atoms with Crippen LogP contribution in [0.25, 0.3) is 0 Å². The summed E-state index contributed by atoms with van der Waals surface area (Å²) in [6.45, 7) is 0. The van der Waals surface area contributed by atoms with Crippen LogP contribution in [0.15, 0.2) is 4.79 Å². The number of hydrogen-bond donors (Lipinski definition) is 1. The Kier molecular flexibility index (Phi) is 2.74. The highest BCUT2D eigenvalue weighted by molar-refractivity contribution is 7.98. The van der Waals surface area contributed by atoms with Crippen molar-refractivity contribution in [3.05, 3.63) is 27.4 Å². The number of H-pyrrole nitrogens is 1. The van der Waals surface area contributed by atoms with Crippen molar-refractivity contribution in [1.82, 2.24) is 14.9 Å². The van der Waals surface area contributed by atoms with Crippen molar-refractivity contribution in [2.45, 2.75) is 55.2 Å². The van der Waals surface area contributed by atoms with Crippen molar-refractivity contribution in [2.75, 3.05) is 7.05 Å². The average molecular weight is 277 g/mol. The van der Waals surface area contributed by atoms with Gasteiger partial charge in [-0.05, 0) is 32.7 Å². The summed E-state index contributed by atoms with van der Waals surface area (Å²) < 4.78 is 0. The van der Waals surface area contributed by atoms with E-state index in [0.717, 1.165) is 41.4 Å². The van der Waals surface area contributed by atoms with Crippen LogP contribution in [0.1, 0.15) is 48.7 Å². The zero-order valence-electron chi connectivity index (χ0n) is 11.2. The highest BCUT2D eigenvalue weighted by atomic mass is 32.2. The quantitative estimate of drug-likeness (QED) is 0.851. The van der Waals surface area contributed by atoms with E-state index in [-0.39, 0.29) is 5.56 Å². The van der Waals surface area contributed by atoms with E-state index >= 15 is 0 Å². The molecule has 0 aromatic carbocycles. The molecule has 4 heterocycles. The van der Waals surface area contributed by atoms with Gasteiger partial charge in [-0.15, -0.1) is 0 Å². The molecule has 2 unspecified atom stereocenters. The van der Waals surface area contributed by atoms with Gasteiger partial charge in [-0.1, -0.05) is 0 Å². The molecule has 1 aromatic rings. The van der Waals surface area contributed by atoms with Gasteiger partial charge in [0, 0.05) is 35.1 Å². The van der Waals surface area contributed by atoms with E-state index < -0.39 is 0 Å². The van der Waals surface area contributed by atoms with Crippen molar-refractivity contribution in [1.29, 1.82) is 0 Å². The number of piperidine rings is 1. The van der Waals surface area contributed by atoms with Gasteiger partial charge >= 0.3 is 0 Å². The van der Waals surface area contributed by atoms with E-state index in [1.54, 1.807) is 11.8 Å². The number of nitrogens with one attached hydrogen (secondary N) is 1. The molecule has 0 saturated carbocycles. The SMILES string of the molecule is CN1C2CCC1CC(c1nc3c(c(=O)[nH]1)CSC3)C2. The molecule has 1 aromatic heterocycles. The number of thioether (sulfide) groups is 1. The van der Waals surface area contributed by atoms with Crippen LogP contribution in [0.3, 0.4) is 0 Å². The fourth-order valence-corrected chi connectivity index (χ4v) is 4.95. The van der Waals surface area contributed by atoms with E-state index in [2.05, 4.69) is 16.9 Å². The van der Waals surface area contributed by atoms with E-state index in [0.29, 0.717) is 18.0 Å². The maximum atomic E-state index is 12.1. The predicted molar refractivity (Wildman–Crippen MR) is 76.4 cm³/mol. The molecule has 5 heteroatoms. The molecule has 102 valence electrons. The third-order valence-electron chi connectivity index (χ3n) is 5.09. The number of hydrogen-bond acceptors (Lipinski definition) is 4. The fourth-order valence-electron chi connectivity index (χ4n) is 3.91. The van der Waals surface area contributed by atoms with Crippen molar-refractivity contribution in [3.8, 4) is 0 Å². The van der Waals surface area contributed by atoms with Gasteiger partial charge in [0.25, 0.3) is 5.56 Å². The standard InChI is InChI=1S/C14H19N3OS/c1-17-9-2-3-10(17)5-8(4-9)13-15-12-7-19-6-11(12)14(18)16-13/h8-10H,2-7H2,1H3,(H,15,16,18). The Morgan fingerprint density at radius 3 is 2.74 bits per heavy atom. The topological polar surface area (TPSA) is 49.0 Å². The zero-order chi connectivity index (χ0) is 13.0. The first kappa shape index (κ1) is 12.0. The molecular formula is C14H19N3OS. The maximum Gasteiger partial charge on any atom is 0.255 e. The first-order valence-corrected chi connectivity index (χ1v) is 8.29. The molecular weight excluding hydrogens is 258 g/mol. The Morgan fingerprint density at radius 1 is 1.26 bits per heavy atom. The van der Waals surface area contributed by atoms with Gasteiger partial charge < -0.3 is 9.88 Å². The second kappa shape index (κ2) is 4.35. The van der Waals surface area contributed by atoms with Crippen molar-refractivity contribution < 1.29 is 0 Å². The third-order valence-corrected chi connectivity index (χ3v) is 6.06. The monoisotopic (exact) mass is 277 g/mol. The highest BCUT2D eigenvalue weighted by Gasteiger charge is 2.39. The van der Waals surface area contributed by atoms with Gasteiger partial charge in [0.05, 0.1) is 5.69 Å². The number of fused-ring (bicyclic) bond motifs is 3. The maximum absolute atomic E-state index is 12.1. The first-order valence-electron chi connectivity index (χ1n) is 7.14. The molecule has 1 N–H and O–H groups in total. The summed E-state index contributed by atoms with van der Waals surface area (Å²) in [7, 11) is 2.24. The molecule has 0 aliphatic carbocycles. The molecule has 4 nitrogen and oxygen atoms in total. The molecule has 2 atom stereocenters. The lowest BCUT2D eigenvalue weighted by Crippen LogP contribution is -2.39. The van der Waals surface area contributed by atoms with Crippen LogP contribution < -0.4 is 5.56 Å². The Hall–Kier alpha value is -0.810. The molecule has 2 bridgehead atoms. The smallest absolute Gasteiger partial charge is 0.255 e. The molecule has 19 heavy (non-hydrogen) atoms. The first-order chi connectivity index (χ1) is 9.22. The summed E-state index contributed by atoms with van der Waals surface area (Å²) in [5.74, 6) is 3.15. The van der Waals surface area contributed by atoms with Gasteiger partial charge in [-0.2, -0.15) is 11.8 Å². The minimum atomic E-state index is 0.108. The second-order valence-corrected chi connectivity index (χ2v) is 7.07. The molecule has 3 aliphatic rings. The van der Waals surface area contributed by atoms with Crippen molar-refractivity contribution >= 4 is 11.8 Å². The summed E-state index contributed by atoms with van der Waals surface area (Å²) in [6, 6.07) is 1.38. The van der Waals surface area contributed by atoms with Gasteiger partial charge in [0.2, 0.25) is 0 Å². The van der Waals surface area contributed by atoms with Crippen molar-refractivity contribution in [3.63, 3.8) is 0 Å². The van der Waals surface area contributed by atoms with E-state index in [1.165, 1.54) is 12.8 Å². The van der Waals surface area contributed by atoms with Crippen molar-refractivity contribution in [2.24, 2.45) is 0 Å². The molecule has 0 amide bonds. The lowest BCUT2D eigenvalue weighted by molar-refractivity contribution is 0.158. The van der Waals surface area contributed by atoms with E-state index in [9.17, 15) is 4.79 Å². The summed E-state index contributed by atoms with van der Waals surface area (Å²) in [4.78, 5) is 22.5. The van der Waals surface area contributed by atoms with Gasteiger partial charge in [-0.3, -0.25) is 4.79 Å². The Labute approximate surface area is 117 Å². The predicted octanol–water partition coefficient (Wildman–Crippen LogP) is 1.86. The highest BCUT2D eigenvalue weighted by Crippen LogP contribution is 2.41. The van der Waals surface area contributed by atoms with Crippen LogP contribution in [0.2, 0.25) is 0 Å². The number of nitrogens with zero attached hydrogens (tertiary/aromatic N) is 2. The summed E-state index contributed by atoms with van der Waals surface area (Å²) >= 11 is 1.80. The van der Waals surface area contributed by atoms with Crippen LogP contribution in [-0.4, -0.2) is 34.0 Å². The molecule has 0 spiro atoms. The van der Waals surface area contributed by atoms with Crippen LogP contribution in [0, 0.1) is 0 Å². The minimum Gasteiger partial charge on any atom is -0.310 e. The van der Waals surface area contributed by atoms with Crippen LogP contribution in [-0.2, 0) is 11.5 Å². The molecule has 3 aliphatic heterocycles. The normalized spacial score (nSPS) is 33.6. The number of rotatable bonds is 1.